The molecule has 0 spiro atoms. The second kappa shape index (κ2) is 5.26. The molecule has 18 heavy (non-hydrogen) atoms. The minimum Gasteiger partial charge on any atom is -0.464 e. The molecule has 0 aromatic carbocycles. The van der Waals surface area contributed by atoms with Crippen molar-refractivity contribution in [1.82, 2.24) is 4.98 Å². The molecule has 4 nitrogen and oxygen atoms in total. The Labute approximate surface area is 112 Å². The summed E-state index contributed by atoms with van der Waals surface area (Å²) in [6.45, 7) is 5.10. The summed E-state index contributed by atoms with van der Waals surface area (Å²) in [7, 11) is 1.38. The average molecular weight is 268 g/mol. The number of aryl methyl sites for hydroxylation is 1. The van der Waals surface area contributed by atoms with Crippen molar-refractivity contribution in [3.8, 4) is 0 Å². The lowest BCUT2D eigenvalue weighted by molar-refractivity contribution is 0.0594. The summed E-state index contributed by atoms with van der Waals surface area (Å²) in [5.41, 5.74) is 0.884. The number of ether oxygens (including phenoxy) is 1. The molecule has 0 amide bonds. The number of hydrogen-bond acceptors (Lipinski definition) is 5. The van der Waals surface area contributed by atoms with Crippen molar-refractivity contribution in [1.29, 1.82) is 0 Å². The minimum absolute atomic E-state index is 0.356. The number of methoxy groups -OCH3 is 1. The quantitative estimate of drug-likeness (QED) is 0.833. The predicted octanol–water partition coefficient (Wildman–Crippen LogP) is 3.23. The fraction of sp³-hybridized carbons (Fsp3) is 0.692. The summed E-state index contributed by atoms with van der Waals surface area (Å²) in [6, 6.07) is 0. The van der Waals surface area contributed by atoms with Crippen molar-refractivity contribution in [2.45, 2.75) is 39.5 Å². The molecule has 0 unspecified atom stereocenters. The third-order valence-electron chi connectivity index (χ3n) is 3.95. The Hall–Kier alpha value is -1.10. The number of aromatic nitrogens is 1. The van der Waals surface area contributed by atoms with Crippen molar-refractivity contribution in [3.63, 3.8) is 0 Å². The maximum atomic E-state index is 11.5. The molecule has 100 valence electrons. The summed E-state index contributed by atoms with van der Waals surface area (Å²) in [4.78, 5) is 16.7. The second-order valence-electron chi connectivity index (χ2n) is 4.98. The number of nitrogens with zero attached hydrogens (tertiary/aromatic N) is 1. The zero-order chi connectivity index (χ0) is 13.2. The lowest BCUT2D eigenvalue weighted by Crippen LogP contribution is -2.35. The van der Waals surface area contributed by atoms with Gasteiger partial charge in [0.2, 0.25) is 0 Å². The highest BCUT2D eigenvalue weighted by molar-refractivity contribution is 7.15. The SMILES string of the molecule is CCC1(CNc2nc(C(=O)OC)c(C)s2)CCC1. The van der Waals surface area contributed by atoms with E-state index in [9.17, 15) is 4.79 Å². The second-order valence-corrected chi connectivity index (χ2v) is 6.18. The highest BCUT2D eigenvalue weighted by Crippen LogP contribution is 2.43. The number of carbonyl (C=O) groups excluding carboxylic acids is 1. The molecule has 1 aliphatic carbocycles. The van der Waals surface area contributed by atoms with Crippen LogP contribution in [0.15, 0.2) is 0 Å². The summed E-state index contributed by atoms with van der Waals surface area (Å²) in [5.74, 6) is -0.356. The molecule has 1 heterocycles. The summed E-state index contributed by atoms with van der Waals surface area (Å²) in [6.07, 6.45) is 5.13. The molecule has 0 atom stereocenters. The van der Waals surface area contributed by atoms with Crippen molar-refractivity contribution >= 4 is 22.4 Å². The molecule has 1 fully saturated rings. The Morgan fingerprint density at radius 3 is 2.78 bits per heavy atom. The van der Waals surface area contributed by atoms with E-state index in [4.69, 9.17) is 4.74 Å². The van der Waals surface area contributed by atoms with Crippen LogP contribution >= 0.6 is 11.3 Å². The molecule has 1 N–H and O–H groups in total. The van der Waals surface area contributed by atoms with E-state index in [-0.39, 0.29) is 5.97 Å². The molecule has 1 saturated carbocycles. The number of nitrogens with one attached hydrogen (secondary N) is 1. The Balaban J connectivity index is 2.00. The van der Waals surface area contributed by atoms with Crippen LogP contribution < -0.4 is 5.32 Å². The predicted molar refractivity (Wildman–Crippen MR) is 73.3 cm³/mol. The zero-order valence-electron chi connectivity index (χ0n) is 11.2. The lowest BCUT2D eigenvalue weighted by atomic mass is 9.67. The monoisotopic (exact) mass is 268 g/mol. The van der Waals surface area contributed by atoms with Gasteiger partial charge in [0.1, 0.15) is 0 Å². The van der Waals surface area contributed by atoms with Crippen LogP contribution in [-0.2, 0) is 4.74 Å². The van der Waals surface area contributed by atoms with Gasteiger partial charge in [0.05, 0.1) is 7.11 Å². The van der Waals surface area contributed by atoms with Crippen LogP contribution in [0.3, 0.4) is 0 Å². The van der Waals surface area contributed by atoms with Gasteiger partial charge in [-0.1, -0.05) is 13.3 Å². The summed E-state index contributed by atoms with van der Waals surface area (Å²) in [5, 5.41) is 4.20. The summed E-state index contributed by atoms with van der Waals surface area (Å²) >= 11 is 1.52. The van der Waals surface area contributed by atoms with Gasteiger partial charge >= 0.3 is 5.97 Å². The largest absolute Gasteiger partial charge is 0.464 e. The van der Waals surface area contributed by atoms with Gasteiger partial charge < -0.3 is 10.1 Å². The van der Waals surface area contributed by atoms with Gasteiger partial charge in [-0.15, -0.1) is 11.3 Å². The average Bonchev–Trinajstić information content (AvgIpc) is 2.69. The van der Waals surface area contributed by atoms with Crippen LogP contribution in [-0.4, -0.2) is 24.6 Å². The molecular weight excluding hydrogens is 248 g/mol. The molecule has 1 aromatic heterocycles. The number of hydrogen-bond donors (Lipinski definition) is 1. The van der Waals surface area contributed by atoms with Crippen molar-refractivity contribution in [2.75, 3.05) is 19.0 Å². The van der Waals surface area contributed by atoms with Gasteiger partial charge in [0.15, 0.2) is 10.8 Å². The first-order valence-corrected chi connectivity index (χ1v) is 7.21. The van der Waals surface area contributed by atoms with Gasteiger partial charge in [-0.3, -0.25) is 0 Å². The van der Waals surface area contributed by atoms with Crippen LogP contribution in [0.25, 0.3) is 0 Å². The Kier molecular flexibility index (Phi) is 3.90. The molecule has 2 rings (SSSR count). The fourth-order valence-electron chi connectivity index (χ4n) is 2.35. The van der Waals surface area contributed by atoms with E-state index < -0.39 is 0 Å². The third kappa shape index (κ3) is 2.51. The van der Waals surface area contributed by atoms with Crippen molar-refractivity contribution < 1.29 is 9.53 Å². The van der Waals surface area contributed by atoms with Crippen LogP contribution in [0, 0.1) is 12.3 Å². The minimum atomic E-state index is -0.356. The van der Waals surface area contributed by atoms with E-state index in [2.05, 4.69) is 17.2 Å². The lowest BCUT2D eigenvalue weighted by Gasteiger charge is -2.41. The number of esters is 1. The van der Waals surface area contributed by atoms with Crippen LogP contribution in [0.2, 0.25) is 0 Å². The maximum Gasteiger partial charge on any atom is 0.357 e. The molecule has 0 radical (unpaired) electrons. The first-order chi connectivity index (χ1) is 8.60. The van der Waals surface area contributed by atoms with Gasteiger partial charge in [-0.2, -0.15) is 0 Å². The fourth-order valence-corrected chi connectivity index (χ4v) is 3.15. The van der Waals surface area contributed by atoms with Gasteiger partial charge in [0.25, 0.3) is 0 Å². The molecule has 0 bridgehead atoms. The summed E-state index contributed by atoms with van der Waals surface area (Å²) < 4.78 is 4.71. The molecule has 0 aliphatic heterocycles. The first kappa shape index (κ1) is 13.3. The molecule has 5 heteroatoms. The molecule has 0 saturated heterocycles. The highest BCUT2D eigenvalue weighted by Gasteiger charge is 2.35. The number of carbonyl (C=O) groups is 1. The van der Waals surface area contributed by atoms with E-state index in [1.807, 2.05) is 6.92 Å². The highest BCUT2D eigenvalue weighted by atomic mass is 32.1. The van der Waals surface area contributed by atoms with Gasteiger partial charge in [-0.25, -0.2) is 9.78 Å². The van der Waals surface area contributed by atoms with Gasteiger partial charge in [0, 0.05) is 11.4 Å². The smallest absolute Gasteiger partial charge is 0.357 e. The van der Waals surface area contributed by atoms with Crippen molar-refractivity contribution in [3.05, 3.63) is 10.6 Å². The van der Waals surface area contributed by atoms with E-state index in [0.29, 0.717) is 11.1 Å². The first-order valence-electron chi connectivity index (χ1n) is 6.40. The van der Waals surface area contributed by atoms with Crippen LogP contribution in [0.1, 0.15) is 48.0 Å². The van der Waals surface area contributed by atoms with E-state index in [1.165, 1.54) is 44.1 Å². The Morgan fingerprint density at radius 1 is 1.56 bits per heavy atom. The van der Waals surface area contributed by atoms with Crippen LogP contribution in [0.4, 0.5) is 5.13 Å². The maximum absolute atomic E-state index is 11.5. The van der Waals surface area contributed by atoms with Gasteiger partial charge in [-0.05, 0) is 31.6 Å². The normalized spacial score (nSPS) is 17.1. The number of anilines is 1. The standard InChI is InChI=1S/C13H20N2O2S/c1-4-13(6-5-7-13)8-14-12-15-10(9(2)18-12)11(16)17-3/h4-8H2,1-3H3,(H,14,15). The Morgan fingerprint density at radius 2 is 2.28 bits per heavy atom. The Bertz CT molecular complexity index is 433. The van der Waals surface area contributed by atoms with E-state index >= 15 is 0 Å². The van der Waals surface area contributed by atoms with E-state index in [0.717, 1.165) is 16.6 Å². The molecule has 1 aliphatic rings. The van der Waals surface area contributed by atoms with Crippen molar-refractivity contribution in [2.24, 2.45) is 5.41 Å². The van der Waals surface area contributed by atoms with E-state index in [1.54, 1.807) is 0 Å². The number of rotatable bonds is 5. The molecule has 1 aromatic rings. The third-order valence-corrected chi connectivity index (χ3v) is 4.88. The zero-order valence-corrected chi connectivity index (χ0v) is 12.0. The number of thiazole rings is 1. The molecular formula is C13H20N2O2S. The topological polar surface area (TPSA) is 51.2 Å². The van der Waals surface area contributed by atoms with Crippen LogP contribution in [0.5, 0.6) is 0 Å².